The number of carbonyl (C=O) groups excluding carboxylic acids is 2. The first-order valence-corrected chi connectivity index (χ1v) is 9.81. The number of ether oxygens (including phenoxy) is 1. The highest BCUT2D eigenvalue weighted by molar-refractivity contribution is 5.95. The van der Waals surface area contributed by atoms with Crippen molar-refractivity contribution < 1.29 is 18.7 Å². The quantitative estimate of drug-likeness (QED) is 0.700. The molecular weight excluding hydrogens is 409 g/mol. The van der Waals surface area contributed by atoms with E-state index in [0.717, 1.165) is 18.4 Å². The third-order valence-corrected chi connectivity index (χ3v) is 4.90. The zero-order valence-electron chi connectivity index (χ0n) is 16.7. The Morgan fingerprint density at radius 1 is 1.20 bits per heavy atom. The molecular formula is C22H27ClFN3O3. The molecule has 1 unspecified atom stereocenters. The molecule has 0 saturated carbocycles. The van der Waals surface area contributed by atoms with Gasteiger partial charge in [0.05, 0.1) is 5.92 Å². The second-order valence-corrected chi connectivity index (χ2v) is 7.12. The lowest BCUT2D eigenvalue weighted by Gasteiger charge is -2.32. The van der Waals surface area contributed by atoms with Gasteiger partial charge in [0, 0.05) is 37.8 Å². The number of nitrogens with zero attached hydrogens (tertiary/aromatic N) is 1. The van der Waals surface area contributed by atoms with Crippen molar-refractivity contribution in [1.82, 2.24) is 10.2 Å². The zero-order valence-corrected chi connectivity index (χ0v) is 17.5. The predicted molar refractivity (Wildman–Crippen MR) is 115 cm³/mol. The van der Waals surface area contributed by atoms with Gasteiger partial charge in [-0.1, -0.05) is 18.2 Å². The van der Waals surface area contributed by atoms with Crippen molar-refractivity contribution in [3.63, 3.8) is 0 Å². The van der Waals surface area contributed by atoms with Crippen LogP contribution in [-0.4, -0.2) is 42.9 Å². The van der Waals surface area contributed by atoms with Crippen LogP contribution in [0.25, 0.3) is 0 Å². The Labute approximate surface area is 182 Å². The van der Waals surface area contributed by atoms with E-state index in [4.69, 9.17) is 10.5 Å². The summed E-state index contributed by atoms with van der Waals surface area (Å²) in [6, 6.07) is 13.1. The fraction of sp³-hybridized carbons (Fsp3) is 0.364. The van der Waals surface area contributed by atoms with Crippen molar-refractivity contribution in [1.29, 1.82) is 0 Å². The lowest BCUT2D eigenvalue weighted by molar-refractivity contribution is -0.126. The van der Waals surface area contributed by atoms with E-state index >= 15 is 0 Å². The molecule has 3 rings (SSSR count). The molecule has 30 heavy (non-hydrogen) atoms. The highest BCUT2D eigenvalue weighted by atomic mass is 35.5. The number of carbonyl (C=O) groups is 2. The Kier molecular flexibility index (Phi) is 9.08. The first-order chi connectivity index (χ1) is 14.1. The van der Waals surface area contributed by atoms with E-state index in [1.165, 1.54) is 12.1 Å². The van der Waals surface area contributed by atoms with E-state index in [2.05, 4.69) is 5.32 Å². The number of likely N-dealkylation sites (tertiary alicyclic amines) is 1. The molecule has 0 bridgehead atoms. The molecule has 0 aliphatic carbocycles. The van der Waals surface area contributed by atoms with Crippen molar-refractivity contribution in [2.24, 2.45) is 11.7 Å². The van der Waals surface area contributed by atoms with Gasteiger partial charge in [0.15, 0.2) is 0 Å². The summed E-state index contributed by atoms with van der Waals surface area (Å²) in [5.74, 6) is -0.288. The standard InChI is InChI=1S/C22H26FN3O3.ClH/c23-19-7-2-8-20(13-19)29-15-16-4-1-5-17(12-16)22(28)26-11-3-6-18(14-26)21(27)25-10-9-24;/h1-2,4-5,7-8,12-13,18H,3,6,9-11,14-15,24H2,(H,25,27);1H. The molecule has 0 spiro atoms. The van der Waals surface area contributed by atoms with Gasteiger partial charge >= 0.3 is 0 Å². The Morgan fingerprint density at radius 2 is 2.00 bits per heavy atom. The fourth-order valence-electron chi connectivity index (χ4n) is 3.42. The maximum Gasteiger partial charge on any atom is 0.253 e. The Balaban J connectivity index is 0.00000320. The Hall–Kier alpha value is -2.64. The van der Waals surface area contributed by atoms with Gasteiger partial charge in [-0.2, -0.15) is 0 Å². The molecule has 0 aromatic heterocycles. The van der Waals surface area contributed by atoms with Crippen LogP contribution >= 0.6 is 12.4 Å². The van der Waals surface area contributed by atoms with Gasteiger partial charge < -0.3 is 20.7 Å². The first-order valence-electron chi connectivity index (χ1n) is 9.81. The summed E-state index contributed by atoms with van der Waals surface area (Å²) >= 11 is 0. The molecule has 8 heteroatoms. The molecule has 1 saturated heterocycles. The van der Waals surface area contributed by atoms with Crippen LogP contribution in [0.5, 0.6) is 5.75 Å². The number of piperidine rings is 1. The van der Waals surface area contributed by atoms with Crippen molar-refractivity contribution in [3.8, 4) is 5.75 Å². The van der Waals surface area contributed by atoms with Crippen LogP contribution in [0.2, 0.25) is 0 Å². The number of nitrogens with two attached hydrogens (primary N) is 1. The van der Waals surface area contributed by atoms with Crippen molar-refractivity contribution in [2.45, 2.75) is 19.4 Å². The van der Waals surface area contributed by atoms with Crippen molar-refractivity contribution in [2.75, 3.05) is 26.2 Å². The Morgan fingerprint density at radius 3 is 2.77 bits per heavy atom. The summed E-state index contributed by atoms with van der Waals surface area (Å²) in [6.07, 6.45) is 1.55. The number of hydrogen-bond acceptors (Lipinski definition) is 4. The third kappa shape index (κ3) is 6.43. The number of hydrogen-bond donors (Lipinski definition) is 2. The number of rotatable bonds is 7. The number of nitrogens with one attached hydrogen (secondary N) is 1. The van der Waals surface area contributed by atoms with Gasteiger partial charge in [0.1, 0.15) is 18.2 Å². The Bertz CT molecular complexity index is 865. The summed E-state index contributed by atoms with van der Waals surface area (Å²) in [7, 11) is 0. The van der Waals surface area contributed by atoms with Gasteiger partial charge in [0.2, 0.25) is 5.91 Å². The van der Waals surface area contributed by atoms with Gasteiger partial charge in [-0.25, -0.2) is 4.39 Å². The van der Waals surface area contributed by atoms with Gasteiger partial charge in [-0.3, -0.25) is 9.59 Å². The number of halogens is 2. The predicted octanol–water partition coefficient (Wildman–Crippen LogP) is 2.75. The van der Waals surface area contributed by atoms with Crippen LogP contribution in [0.1, 0.15) is 28.8 Å². The smallest absolute Gasteiger partial charge is 0.253 e. The molecule has 1 fully saturated rings. The number of amides is 2. The second-order valence-electron chi connectivity index (χ2n) is 7.12. The third-order valence-electron chi connectivity index (χ3n) is 4.90. The molecule has 3 N–H and O–H groups in total. The summed E-state index contributed by atoms with van der Waals surface area (Å²) in [5.41, 5.74) is 6.80. The molecule has 2 aromatic carbocycles. The summed E-state index contributed by atoms with van der Waals surface area (Å²) in [4.78, 5) is 26.9. The molecule has 2 amide bonds. The van der Waals surface area contributed by atoms with Crippen LogP contribution in [0, 0.1) is 11.7 Å². The molecule has 162 valence electrons. The average molecular weight is 436 g/mol. The minimum atomic E-state index is -0.360. The SMILES string of the molecule is Cl.NCCNC(=O)C1CCCN(C(=O)c2cccc(COc3cccc(F)c3)c2)C1. The molecule has 2 aromatic rings. The minimum Gasteiger partial charge on any atom is -0.489 e. The van der Waals surface area contributed by atoms with E-state index in [1.807, 2.05) is 6.07 Å². The van der Waals surface area contributed by atoms with Crippen LogP contribution in [0.3, 0.4) is 0 Å². The molecule has 1 aliphatic heterocycles. The lowest BCUT2D eigenvalue weighted by Crippen LogP contribution is -2.46. The normalized spacial score (nSPS) is 15.8. The van der Waals surface area contributed by atoms with Gasteiger partial charge in [0.25, 0.3) is 5.91 Å². The lowest BCUT2D eigenvalue weighted by atomic mass is 9.96. The van der Waals surface area contributed by atoms with Gasteiger partial charge in [-0.05, 0) is 42.7 Å². The summed E-state index contributed by atoms with van der Waals surface area (Å²) < 4.78 is 18.9. The van der Waals surface area contributed by atoms with Crippen molar-refractivity contribution >= 4 is 24.2 Å². The summed E-state index contributed by atoms with van der Waals surface area (Å²) in [5, 5.41) is 2.80. The van der Waals surface area contributed by atoms with E-state index in [1.54, 1.807) is 35.2 Å². The number of benzene rings is 2. The van der Waals surface area contributed by atoms with E-state index < -0.39 is 0 Å². The van der Waals surface area contributed by atoms with Crippen molar-refractivity contribution in [3.05, 3.63) is 65.5 Å². The molecule has 6 nitrogen and oxygen atoms in total. The van der Waals surface area contributed by atoms with E-state index in [9.17, 15) is 14.0 Å². The maximum atomic E-state index is 13.3. The van der Waals surface area contributed by atoms with Crippen LogP contribution in [-0.2, 0) is 11.4 Å². The maximum absolute atomic E-state index is 13.3. The van der Waals surface area contributed by atoms with Crippen LogP contribution in [0.4, 0.5) is 4.39 Å². The zero-order chi connectivity index (χ0) is 20.6. The minimum absolute atomic E-state index is 0. The largest absolute Gasteiger partial charge is 0.489 e. The molecule has 1 heterocycles. The fourth-order valence-corrected chi connectivity index (χ4v) is 3.42. The average Bonchev–Trinajstić information content (AvgIpc) is 2.76. The topological polar surface area (TPSA) is 84.7 Å². The second kappa shape index (κ2) is 11.5. The van der Waals surface area contributed by atoms with Gasteiger partial charge in [-0.15, -0.1) is 12.4 Å². The van der Waals surface area contributed by atoms with Crippen LogP contribution in [0.15, 0.2) is 48.5 Å². The van der Waals surface area contributed by atoms with E-state index in [-0.39, 0.29) is 42.6 Å². The molecule has 0 radical (unpaired) electrons. The summed E-state index contributed by atoms with van der Waals surface area (Å²) in [6.45, 7) is 2.10. The first kappa shape index (κ1) is 23.6. The molecule has 1 atom stereocenters. The molecule has 1 aliphatic rings. The monoisotopic (exact) mass is 435 g/mol. The highest BCUT2D eigenvalue weighted by Crippen LogP contribution is 2.20. The van der Waals surface area contributed by atoms with E-state index in [0.29, 0.717) is 37.5 Å². The highest BCUT2D eigenvalue weighted by Gasteiger charge is 2.28. The van der Waals surface area contributed by atoms with Crippen LogP contribution < -0.4 is 15.8 Å².